The van der Waals surface area contributed by atoms with Crippen molar-refractivity contribution in [1.29, 1.82) is 0 Å². The number of benzene rings is 1. The molecule has 0 radical (unpaired) electrons. The van der Waals surface area contributed by atoms with Crippen LogP contribution in [-0.4, -0.2) is 16.8 Å². The van der Waals surface area contributed by atoms with Gasteiger partial charge in [0, 0.05) is 5.56 Å². The molecule has 0 atom stereocenters. The molecule has 1 aromatic heterocycles. The van der Waals surface area contributed by atoms with Crippen LogP contribution in [0.15, 0.2) is 30.3 Å². The molecule has 0 fully saturated rings. The summed E-state index contributed by atoms with van der Waals surface area (Å²) in [4.78, 5) is 0. The summed E-state index contributed by atoms with van der Waals surface area (Å²) in [5.74, 6) is 1.13. The molecular weight excluding hydrogens is 238 g/mol. The number of ether oxygens (including phenoxy) is 1. The lowest BCUT2D eigenvalue weighted by Crippen LogP contribution is -1.95. The molecule has 0 aliphatic rings. The fraction of sp³-hybridized carbons (Fsp3) is 0.167. The molecule has 0 aliphatic carbocycles. The number of nitrogens with two attached hydrogens (primary N) is 1. The molecule has 17 heavy (non-hydrogen) atoms. The molecule has 4 nitrogen and oxygen atoms in total. The summed E-state index contributed by atoms with van der Waals surface area (Å²) in [5.41, 5.74) is 7.25. The molecule has 5 heteroatoms. The first-order valence-electron chi connectivity index (χ1n) is 5.22. The fourth-order valence-corrected chi connectivity index (χ4v) is 1.72. The molecule has 2 aromatic rings. The number of halogens is 1. The van der Waals surface area contributed by atoms with Crippen LogP contribution in [0.25, 0.3) is 11.1 Å². The van der Waals surface area contributed by atoms with Crippen molar-refractivity contribution in [2.75, 3.05) is 12.3 Å². The van der Waals surface area contributed by atoms with Crippen molar-refractivity contribution in [2.45, 2.75) is 6.92 Å². The number of nitrogens with zero attached hydrogens (tertiary/aromatic N) is 2. The minimum absolute atomic E-state index is 0.327. The number of anilines is 1. The van der Waals surface area contributed by atoms with Crippen molar-refractivity contribution in [3.63, 3.8) is 0 Å². The number of hydrogen-bond donors (Lipinski definition) is 1. The van der Waals surface area contributed by atoms with Crippen molar-refractivity contribution in [1.82, 2.24) is 10.2 Å². The zero-order valence-corrected chi connectivity index (χ0v) is 10.1. The molecule has 0 saturated heterocycles. The second-order valence-electron chi connectivity index (χ2n) is 3.43. The van der Waals surface area contributed by atoms with Gasteiger partial charge in [0.1, 0.15) is 11.6 Å². The van der Waals surface area contributed by atoms with Crippen molar-refractivity contribution in [2.24, 2.45) is 0 Å². The van der Waals surface area contributed by atoms with Gasteiger partial charge in [-0.15, -0.1) is 10.2 Å². The van der Waals surface area contributed by atoms with E-state index in [9.17, 15) is 0 Å². The van der Waals surface area contributed by atoms with Gasteiger partial charge in [-0.05, 0) is 30.7 Å². The van der Waals surface area contributed by atoms with Gasteiger partial charge < -0.3 is 10.5 Å². The predicted molar refractivity (Wildman–Crippen MR) is 68.1 cm³/mol. The second kappa shape index (κ2) is 5.01. The Morgan fingerprint density at radius 2 is 2.12 bits per heavy atom. The quantitative estimate of drug-likeness (QED) is 0.909. The highest BCUT2D eigenvalue weighted by Crippen LogP contribution is 2.29. The van der Waals surface area contributed by atoms with Gasteiger partial charge in [0.05, 0.1) is 6.61 Å². The highest BCUT2D eigenvalue weighted by Gasteiger charge is 2.07. The Balaban J connectivity index is 2.45. The van der Waals surface area contributed by atoms with Gasteiger partial charge in [-0.2, -0.15) is 0 Å². The van der Waals surface area contributed by atoms with E-state index in [2.05, 4.69) is 10.2 Å². The lowest BCUT2D eigenvalue weighted by Gasteiger charge is -2.07. The van der Waals surface area contributed by atoms with Crippen LogP contribution in [0.5, 0.6) is 5.75 Å². The summed E-state index contributed by atoms with van der Waals surface area (Å²) in [7, 11) is 0. The van der Waals surface area contributed by atoms with Crippen molar-refractivity contribution in [3.8, 4) is 16.9 Å². The van der Waals surface area contributed by atoms with Crippen molar-refractivity contribution < 1.29 is 4.74 Å². The zero-order chi connectivity index (χ0) is 12.3. The maximum Gasteiger partial charge on any atom is 0.159 e. The Kier molecular flexibility index (Phi) is 3.44. The van der Waals surface area contributed by atoms with E-state index in [1.807, 2.05) is 31.2 Å². The van der Waals surface area contributed by atoms with Gasteiger partial charge in [0.2, 0.25) is 0 Å². The number of hydrogen-bond acceptors (Lipinski definition) is 4. The second-order valence-corrected chi connectivity index (χ2v) is 3.79. The van der Waals surface area contributed by atoms with Crippen LogP contribution < -0.4 is 10.5 Å². The molecular formula is C12H12ClN3O. The standard InChI is InChI=1S/C12H12ClN3O/c1-2-17-9-5-3-4-8(6-9)10-7-11(14)15-16-12(10)13/h3-7H,2H2,1H3,(H2,14,15). The van der Waals surface area contributed by atoms with Crippen molar-refractivity contribution in [3.05, 3.63) is 35.5 Å². The smallest absolute Gasteiger partial charge is 0.159 e. The number of rotatable bonds is 3. The minimum atomic E-state index is 0.327. The van der Waals surface area contributed by atoms with Crippen LogP contribution in [0.2, 0.25) is 5.15 Å². The van der Waals surface area contributed by atoms with E-state index in [1.54, 1.807) is 6.07 Å². The Morgan fingerprint density at radius 3 is 2.88 bits per heavy atom. The van der Waals surface area contributed by atoms with Gasteiger partial charge in [-0.25, -0.2) is 0 Å². The van der Waals surface area contributed by atoms with Crippen LogP contribution in [0.3, 0.4) is 0 Å². The third kappa shape index (κ3) is 2.65. The van der Waals surface area contributed by atoms with Crippen LogP contribution >= 0.6 is 11.6 Å². The summed E-state index contributed by atoms with van der Waals surface area (Å²) in [6.07, 6.45) is 0. The largest absolute Gasteiger partial charge is 0.494 e. The minimum Gasteiger partial charge on any atom is -0.494 e. The van der Waals surface area contributed by atoms with E-state index in [1.165, 1.54) is 0 Å². The number of nitrogen functional groups attached to an aromatic ring is 1. The normalized spacial score (nSPS) is 10.2. The highest BCUT2D eigenvalue weighted by molar-refractivity contribution is 6.32. The first-order chi connectivity index (χ1) is 8.20. The monoisotopic (exact) mass is 249 g/mol. The summed E-state index contributed by atoms with van der Waals surface area (Å²) in [5, 5.41) is 7.80. The maximum absolute atomic E-state index is 5.99. The summed E-state index contributed by atoms with van der Waals surface area (Å²) in [6.45, 7) is 2.56. The average Bonchev–Trinajstić information content (AvgIpc) is 2.33. The predicted octanol–water partition coefficient (Wildman–Crippen LogP) is 2.78. The van der Waals surface area contributed by atoms with Gasteiger partial charge >= 0.3 is 0 Å². The Bertz CT molecular complexity index is 531. The summed E-state index contributed by atoms with van der Waals surface area (Å²) >= 11 is 5.99. The molecule has 1 aromatic carbocycles. The van der Waals surface area contributed by atoms with Gasteiger partial charge in [-0.1, -0.05) is 23.7 Å². The summed E-state index contributed by atoms with van der Waals surface area (Å²) in [6, 6.07) is 9.29. The molecule has 0 bridgehead atoms. The summed E-state index contributed by atoms with van der Waals surface area (Å²) < 4.78 is 5.43. The van der Waals surface area contributed by atoms with Crippen LogP contribution in [-0.2, 0) is 0 Å². The maximum atomic E-state index is 5.99. The third-order valence-electron chi connectivity index (χ3n) is 2.22. The van der Waals surface area contributed by atoms with E-state index in [0.29, 0.717) is 17.6 Å². The highest BCUT2D eigenvalue weighted by atomic mass is 35.5. The van der Waals surface area contributed by atoms with E-state index >= 15 is 0 Å². The van der Waals surface area contributed by atoms with Crippen LogP contribution in [0.1, 0.15) is 6.92 Å². The topological polar surface area (TPSA) is 61.0 Å². The van der Waals surface area contributed by atoms with E-state index < -0.39 is 0 Å². The molecule has 0 spiro atoms. The van der Waals surface area contributed by atoms with E-state index in [0.717, 1.165) is 16.9 Å². The average molecular weight is 250 g/mol. The van der Waals surface area contributed by atoms with E-state index in [4.69, 9.17) is 22.1 Å². The Hall–Kier alpha value is -1.81. The number of aromatic nitrogens is 2. The zero-order valence-electron chi connectivity index (χ0n) is 9.35. The molecule has 88 valence electrons. The van der Waals surface area contributed by atoms with Gasteiger partial charge in [0.15, 0.2) is 5.15 Å². The van der Waals surface area contributed by atoms with E-state index in [-0.39, 0.29) is 0 Å². The molecule has 2 N–H and O–H groups in total. The molecule has 0 amide bonds. The first kappa shape index (κ1) is 11.7. The molecule has 0 aliphatic heterocycles. The van der Waals surface area contributed by atoms with Gasteiger partial charge in [0.25, 0.3) is 0 Å². The lowest BCUT2D eigenvalue weighted by molar-refractivity contribution is 0.340. The lowest BCUT2D eigenvalue weighted by atomic mass is 10.1. The van der Waals surface area contributed by atoms with Crippen molar-refractivity contribution >= 4 is 17.4 Å². The molecule has 2 rings (SSSR count). The first-order valence-corrected chi connectivity index (χ1v) is 5.60. The fourth-order valence-electron chi connectivity index (χ4n) is 1.51. The van der Waals surface area contributed by atoms with Gasteiger partial charge in [-0.3, -0.25) is 0 Å². The molecule has 1 heterocycles. The Morgan fingerprint density at radius 1 is 1.29 bits per heavy atom. The Labute approximate surface area is 104 Å². The molecule has 0 unspecified atom stereocenters. The van der Waals surface area contributed by atoms with Crippen LogP contribution in [0.4, 0.5) is 5.82 Å². The third-order valence-corrected chi connectivity index (χ3v) is 2.50. The molecule has 0 saturated carbocycles. The SMILES string of the molecule is CCOc1cccc(-c2cc(N)nnc2Cl)c1. The van der Waals surface area contributed by atoms with Crippen LogP contribution in [0, 0.1) is 0 Å².